The van der Waals surface area contributed by atoms with E-state index in [0.29, 0.717) is 5.82 Å². The van der Waals surface area contributed by atoms with E-state index in [4.69, 9.17) is 4.98 Å². The molecule has 0 amide bonds. The maximum absolute atomic E-state index is 5.04. The third-order valence-electron chi connectivity index (χ3n) is 6.56. The Balaban J connectivity index is 1.42. The van der Waals surface area contributed by atoms with E-state index in [9.17, 15) is 0 Å². The Morgan fingerprint density at radius 2 is 1.69 bits per heavy atom. The van der Waals surface area contributed by atoms with E-state index in [0.717, 1.165) is 66.1 Å². The number of aromatic nitrogens is 6. The molecule has 2 N–H and O–H groups in total. The first-order chi connectivity index (χ1) is 17.8. The number of fused-ring (bicyclic) bond motifs is 1. The third kappa shape index (κ3) is 5.15. The Morgan fingerprint density at radius 1 is 0.889 bits per heavy atom. The molecule has 0 aliphatic heterocycles. The van der Waals surface area contributed by atoms with Crippen molar-refractivity contribution in [3.05, 3.63) is 78.1 Å². The number of hydrogen-bond donors (Lipinski definition) is 2. The molecule has 7 heteroatoms. The van der Waals surface area contributed by atoms with Gasteiger partial charge in [-0.2, -0.15) is 5.21 Å². The lowest BCUT2D eigenvalue weighted by atomic mass is 9.98. The van der Waals surface area contributed by atoms with Crippen LogP contribution in [-0.4, -0.2) is 36.7 Å². The topological polar surface area (TPSA) is 84.3 Å². The lowest BCUT2D eigenvalue weighted by molar-refractivity contribution is 0.690. The number of nitrogens with one attached hydrogen (secondary N) is 2. The number of H-pyrrole nitrogens is 1. The molecular weight excluding hydrogens is 446 g/mol. The van der Waals surface area contributed by atoms with Gasteiger partial charge in [0.2, 0.25) is 5.82 Å². The van der Waals surface area contributed by atoms with Crippen molar-refractivity contribution in [3.63, 3.8) is 0 Å². The molecule has 0 unspecified atom stereocenters. The second-order valence-electron chi connectivity index (χ2n) is 9.18. The molecule has 3 aromatic carbocycles. The number of rotatable bonds is 11. The van der Waals surface area contributed by atoms with Gasteiger partial charge in [-0.05, 0) is 52.9 Å². The summed E-state index contributed by atoms with van der Waals surface area (Å²) in [6.45, 7) is 6.23. The Hall–Kier alpha value is -4.00. The molecule has 0 fully saturated rings. The zero-order valence-corrected chi connectivity index (χ0v) is 21.0. The van der Waals surface area contributed by atoms with Crippen LogP contribution >= 0.6 is 0 Å². The van der Waals surface area contributed by atoms with Crippen LogP contribution in [0.1, 0.15) is 50.9 Å². The van der Waals surface area contributed by atoms with Crippen LogP contribution in [0, 0.1) is 0 Å². The van der Waals surface area contributed by atoms with E-state index in [-0.39, 0.29) is 0 Å². The number of aromatic amines is 1. The Kier molecular flexibility index (Phi) is 7.36. The zero-order chi connectivity index (χ0) is 24.7. The van der Waals surface area contributed by atoms with Gasteiger partial charge in [0, 0.05) is 30.8 Å². The van der Waals surface area contributed by atoms with Crippen molar-refractivity contribution in [1.82, 2.24) is 30.2 Å². The molecule has 0 saturated heterocycles. The molecule has 36 heavy (non-hydrogen) atoms. The molecule has 0 saturated carbocycles. The summed E-state index contributed by atoms with van der Waals surface area (Å²) in [6, 6.07) is 23.5. The van der Waals surface area contributed by atoms with Gasteiger partial charge >= 0.3 is 0 Å². The van der Waals surface area contributed by atoms with E-state index in [1.165, 1.54) is 23.9 Å². The number of tetrazole rings is 1. The third-order valence-corrected chi connectivity index (χ3v) is 6.56. The van der Waals surface area contributed by atoms with Crippen LogP contribution in [0.25, 0.3) is 33.5 Å². The normalized spacial score (nSPS) is 11.3. The van der Waals surface area contributed by atoms with Crippen LogP contribution in [0.2, 0.25) is 0 Å². The molecule has 0 aliphatic carbocycles. The predicted octanol–water partition coefficient (Wildman–Crippen LogP) is 6.49. The summed E-state index contributed by atoms with van der Waals surface area (Å²) in [5.41, 5.74) is 7.82. The number of hydrogen-bond acceptors (Lipinski definition) is 5. The van der Waals surface area contributed by atoms with Crippen molar-refractivity contribution in [2.75, 3.05) is 11.9 Å². The minimum absolute atomic E-state index is 0.601. The van der Waals surface area contributed by atoms with Crippen molar-refractivity contribution in [2.24, 2.45) is 0 Å². The lowest BCUT2D eigenvalue weighted by Gasteiger charge is -2.12. The van der Waals surface area contributed by atoms with Gasteiger partial charge in [-0.3, -0.25) is 0 Å². The highest BCUT2D eigenvalue weighted by Gasteiger charge is 2.13. The van der Waals surface area contributed by atoms with Crippen LogP contribution in [-0.2, 0) is 13.0 Å². The highest BCUT2D eigenvalue weighted by Crippen LogP contribution is 2.30. The second-order valence-corrected chi connectivity index (χ2v) is 9.18. The van der Waals surface area contributed by atoms with E-state index < -0.39 is 0 Å². The van der Waals surface area contributed by atoms with Gasteiger partial charge in [-0.1, -0.05) is 75.2 Å². The summed E-state index contributed by atoms with van der Waals surface area (Å²) in [5, 5.41) is 18.1. The van der Waals surface area contributed by atoms with Gasteiger partial charge in [-0.25, -0.2) is 4.98 Å². The molecule has 0 radical (unpaired) electrons. The van der Waals surface area contributed by atoms with E-state index in [1.807, 2.05) is 18.2 Å². The Bertz CT molecular complexity index is 1400. The fourth-order valence-corrected chi connectivity index (χ4v) is 4.58. The quantitative estimate of drug-likeness (QED) is 0.212. The molecule has 0 bridgehead atoms. The number of anilines is 1. The van der Waals surface area contributed by atoms with Crippen LogP contribution < -0.4 is 5.32 Å². The van der Waals surface area contributed by atoms with Crippen LogP contribution in [0.3, 0.4) is 0 Å². The fourth-order valence-electron chi connectivity index (χ4n) is 4.58. The van der Waals surface area contributed by atoms with E-state index >= 15 is 0 Å². The maximum atomic E-state index is 5.04. The van der Waals surface area contributed by atoms with Crippen LogP contribution in [0.5, 0.6) is 0 Å². The lowest BCUT2D eigenvalue weighted by Crippen LogP contribution is -2.05. The molecule has 184 valence electrons. The summed E-state index contributed by atoms with van der Waals surface area (Å²) in [6.07, 6.45) is 5.63. The predicted molar refractivity (Wildman–Crippen MR) is 146 cm³/mol. The minimum atomic E-state index is 0.601. The summed E-state index contributed by atoms with van der Waals surface area (Å²) < 4.78 is 2.38. The van der Waals surface area contributed by atoms with Crippen molar-refractivity contribution in [1.29, 1.82) is 0 Å². The first-order valence-electron chi connectivity index (χ1n) is 12.9. The smallest absolute Gasteiger partial charge is 0.205 e. The molecule has 0 aliphatic rings. The number of unbranched alkanes of at least 4 members (excludes halogenated alkanes) is 2. The molecule has 5 aromatic rings. The molecule has 2 aromatic heterocycles. The van der Waals surface area contributed by atoms with Gasteiger partial charge < -0.3 is 9.88 Å². The number of benzene rings is 3. The van der Waals surface area contributed by atoms with Gasteiger partial charge in [-0.15, -0.1) is 10.2 Å². The number of aryl methyl sites for hydroxylation is 1. The van der Waals surface area contributed by atoms with Gasteiger partial charge in [0.15, 0.2) is 0 Å². The van der Waals surface area contributed by atoms with Crippen molar-refractivity contribution in [3.8, 4) is 22.5 Å². The molecule has 2 heterocycles. The van der Waals surface area contributed by atoms with E-state index in [1.54, 1.807) is 0 Å². The summed E-state index contributed by atoms with van der Waals surface area (Å²) >= 11 is 0. The molecule has 5 rings (SSSR count). The van der Waals surface area contributed by atoms with Gasteiger partial charge in [0.25, 0.3) is 0 Å². The van der Waals surface area contributed by atoms with Gasteiger partial charge in [0.1, 0.15) is 5.82 Å². The molecule has 0 atom stereocenters. The highest BCUT2D eigenvalue weighted by atomic mass is 15.5. The Morgan fingerprint density at radius 3 is 2.44 bits per heavy atom. The van der Waals surface area contributed by atoms with Crippen molar-refractivity contribution in [2.45, 2.75) is 52.5 Å². The summed E-state index contributed by atoms with van der Waals surface area (Å²) in [5.74, 6) is 1.76. The monoisotopic (exact) mass is 479 g/mol. The average Bonchev–Trinajstić information content (AvgIpc) is 3.57. The first-order valence-corrected chi connectivity index (χ1v) is 12.9. The number of imidazole rings is 1. The standard InChI is InChI=1S/C29H33N7/c1-3-5-11-28-31-26-19-23(30-18-6-4-2)16-17-27(26)36(28)20-21-12-14-22(15-13-21)24-9-7-8-10-25(24)29-32-34-35-33-29/h7-10,12-17,19,30H,3-6,11,18,20H2,1-2H3,(H,32,33,34,35). The van der Waals surface area contributed by atoms with Crippen LogP contribution in [0.15, 0.2) is 66.7 Å². The Labute approximate surface area is 212 Å². The maximum Gasteiger partial charge on any atom is 0.205 e. The van der Waals surface area contributed by atoms with Crippen LogP contribution in [0.4, 0.5) is 5.69 Å². The average molecular weight is 480 g/mol. The molecular formula is C29H33N7. The largest absolute Gasteiger partial charge is 0.385 e. The van der Waals surface area contributed by atoms with Crippen molar-refractivity contribution >= 4 is 16.7 Å². The first kappa shape index (κ1) is 23.7. The molecule has 0 spiro atoms. The van der Waals surface area contributed by atoms with Gasteiger partial charge in [0.05, 0.1) is 11.0 Å². The van der Waals surface area contributed by atoms with E-state index in [2.05, 4.69) is 92.9 Å². The zero-order valence-electron chi connectivity index (χ0n) is 21.0. The SMILES string of the molecule is CCCCNc1ccc2c(c1)nc(CCCC)n2Cc1ccc(-c2ccccc2-c2nn[nH]n2)cc1. The summed E-state index contributed by atoms with van der Waals surface area (Å²) in [4.78, 5) is 5.04. The highest BCUT2D eigenvalue weighted by molar-refractivity contribution is 5.81. The fraction of sp³-hybridized carbons (Fsp3) is 0.310. The van der Waals surface area contributed by atoms with Crippen molar-refractivity contribution < 1.29 is 0 Å². The number of nitrogens with zero attached hydrogens (tertiary/aromatic N) is 5. The summed E-state index contributed by atoms with van der Waals surface area (Å²) in [7, 11) is 0. The minimum Gasteiger partial charge on any atom is -0.385 e. The molecule has 7 nitrogen and oxygen atoms in total. The second kappa shape index (κ2) is 11.2.